The molecular weight excluding hydrogens is 236 g/mol. The monoisotopic (exact) mass is 258 g/mol. The van der Waals surface area contributed by atoms with Crippen LogP contribution in [-0.4, -0.2) is 6.29 Å². The van der Waals surface area contributed by atoms with Crippen LogP contribution in [0.2, 0.25) is 0 Å². The zero-order valence-corrected chi connectivity index (χ0v) is 11.5. The van der Waals surface area contributed by atoms with Gasteiger partial charge in [0, 0.05) is 12.3 Å². The van der Waals surface area contributed by atoms with Crippen molar-refractivity contribution in [3.05, 3.63) is 47.9 Å². The summed E-state index contributed by atoms with van der Waals surface area (Å²) < 4.78 is 11.7. The first-order valence-electron chi connectivity index (χ1n) is 7.37. The van der Waals surface area contributed by atoms with Crippen molar-refractivity contribution >= 4 is 0 Å². The molecule has 0 saturated heterocycles. The van der Waals surface area contributed by atoms with Gasteiger partial charge >= 0.3 is 0 Å². The molecule has 0 aromatic heterocycles. The maximum Gasteiger partial charge on any atom is 0.244 e. The Balaban J connectivity index is 1.54. The summed E-state index contributed by atoms with van der Waals surface area (Å²) in [5, 5.41) is 0. The van der Waals surface area contributed by atoms with Gasteiger partial charge in [-0.05, 0) is 24.3 Å². The number of benzene rings is 1. The zero-order chi connectivity index (χ0) is 13.1. The molecule has 0 spiro atoms. The van der Waals surface area contributed by atoms with Gasteiger partial charge in [-0.3, -0.25) is 0 Å². The first-order chi connectivity index (χ1) is 9.31. The molecule has 2 aliphatic rings. The topological polar surface area (TPSA) is 18.5 Å². The van der Waals surface area contributed by atoms with Crippen LogP contribution >= 0.6 is 0 Å². The highest BCUT2D eigenvalue weighted by molar-refractivity contribution is 5.15. The largest absolute Gasteiger partial charge is 0.459 e. The smallest absolute Gasteiger partial charge is 0.244 e. The second-order valence-electron chi connectivity index (χ2n) is 5.86. The molecule has 0 radical (unpaired) electrons. The molecule has 2 heteroatoms. The third kappa shape index (κ3) is 3.12. The first kappa shape index (κ1) is 12.6. The summed E-state index contributed by atoms with van der Waals surface area (Å²) in [6.45, 7) is 2.34. The molecule has 1 heterocycles. The number of hydrogen-bond acceptors (Lipinski definition) is 2. The van der Waals surface area contributed by atoms with Crippen LogP contribution in [-0.2, 0) is 15.9 Å². The Morgan fingerprint density at radius 1 is 1.16 bits per heavy atom. The van der Waals surface area contributed by atoms with Crippen molar-refractivity contribution < 1.29 is 9.47 Å². The summed E-state index contributed by atoms with van der Waals surface area (Å²) in [7, 11) is 0. The van der Waals surface area contributed by atoms with Crippen LogP contribution in [0, 0.1) is 11.8 Å². The van der Waals surface area contributed by atoms with Gasteiger partial charge in [-0.2, -0.15) is 0 Å². The summed E-state index contributed by atoms with van der Waals surface area (Å²) in [5.74, 6) is 2.47. The fraction of sp³-hybridized carbons (Fsp3) is 0.529. The van der Waals surface area contributed by atoms with Gasteiger partial charge in [0.2, 0.25) is 6.29 Å². The number of ether oxygens (including phenoxy) is 2. The standard InChI is InChI=1S/C17H22O2/c1-13-6-5-9-15(10-13)16-12-18-17(19-16)11-14-7-3-2-4-8-14/h2-4,7-8,12-13,15,17H,5-6,9-11H2,1H3. The van der Waals surface area contributed by atoms with E-state index in [0.717, 1.165) is 18.1 Å². The van der Waals surface area contributed by atoms with E-state index in [4.69, 9.17) is 9.47 Å². The van der Waals surface area contributed by atoms with Crippen molar-refractivity contribution in [3.63, 3.8) is 0 Å². The molecular formula is C17H22O2. The fourth-order valence-corrected chi connectivity index (χ4v) is 3.13. The maximum absolute atomic E-state index is 5.99. The molecule has 1 fully saturated rings. The molecule has 3 rings (SSSR count). The van der Waals surface area contributed by atoms with Crippen LogP contribution in [0.1, 0.15) is 38.2 Å². The summed E-state index contributed by atoms with van der Waals surface area (Å²) in [4.78, 5) is 0. The third-order valence-corrected chi connectivity index (χ3v) is 4.19. The van der Waals surface area contributed by atoms with Crippen LogP contribution < -0.4 is 0 Å². The van der Waals surface area contributed by atoms with Crippen LogP contribution in [0.3, 0.4) is 0 Å². The predicted molar refractivity (Wildman–Crippen MR) is 75.3 cm³/mol. The van der Waals surface area contributed by atoms with Crippen LogP contribution in [0.25, 0.3) is 0 Å². The van der Waals surface area contributed by atoms with Gasteiger partial charge in [-0.1, -0.05) is 50.1 Å². The second kappa shape index (κ2) is 5.68. The van der Waals surface area contributed by atoms with E-state index >= 15 is 0 Å². The van der Waals surface area contributed by atoms with Crippen LogP contribution in [0.5, 0.6) is 0 Å². The van der Waals surface area contributed by atoms with Crippen molar-refractivity contribution in [1.82, 2.24) is 0 Å². The van der Waals surface area contributed by atoms with E-state index in [1.54, 1.807) is 0 Å². The normalized spacial score (nSPS) is 30.4. The molecule has 3 unspecified atom stereocenters. The lowest BCUT2D eigenvalue weighted by Gasteiger charge is -2.26. The number of hydrogen-bond donors (Lipinski definition) is 0. The molecule has 1 aromatic rings. The van der Waals surface area contributed by atoms with Gasteiger partial charge in [0.25, 0.3) is 0 Å². The van der Waals surface area contributed by atoms with E-state index in [9.17, 15) is 0 Å². The molecule has 3 atom stereocenters. The van der Waals surface area contributed by atoms with Gasteiger partial charge in [-0.15, -0.1) is 0 Å². The SMILES string of the molecule is CC1CCCC(C2=COC(Cc3ccccc3)O2)C1. The molecule has 2 nitrogen and oxygen atoms in total. The molecule has 0 amide bonds. The van der Waals surface area contributed by atoms with E-state index in [0.29, 0.717) is 5.92 Å². The minimum absolute atomic E-state index is 0.130. The molecule has 1 aromatic carbocycles. The quantitative estimate of drug-likeness (QED) is 0.806. The summed E-state index contributed by atoms with van der Waals surface area (Å²) in [6, 6.07) is 10.4. The Kier molecular flexibility index (Phi) is 3.77. The Bertz CT molecular complexity index is 438. The van der Waals surface area contributed by atoms with E-state index in [-0.39, 0.29) is 6.29 Å². The van der Waals surface area contributed by atoms with E-state index in [1.165, 1.54) is 31.2 Å². The molecule has 0 N–H and O–H groups in total. The molecule has 1 saturated carbocycles. The van der Waals surface area contributed by atoms with Gasteiger partial charge < -0.3 is 9.47 Å². The van der Waals surface area contributed by atoms with Gasteiger partial charge in [0.15, 0.2) is 0 Å². The first-order valence-corrected chi connectivity index (χ1v) is 7.37. The lowest BCUT2D eigenvalue weighted by atomic mass is 9.81. The molecule has 1 aliphatic heterocycles. The van der Waals surface area contributed by atoms with Gasteiger partial charge in [0.05, 0.1) is 0 Å². The number of rotatable bonds is 3. The Morgan fingerprint density at radius 2 is 2.00 bits per heavy atom. The Morgan fingerprint density at radius 3 is 2.79 bits per heavy atom. The third-order valence-electron chi connectivity index (χ3n) is 4.19. The van der Waals surface area contributed by atoms with E-state index < -0.39 is 0 Å². The minimum atomic E-state index is -0.130. The summed E-state index contributed by atoms with van der Waals surface area (Å²) >= 11 is 0. The zero-order valence-electron chi connectivity index (χ0n) is 11.5. The summed E-state index contributed by atoms with van der Waals surface area (Å²) in [5.41, 5.74) is 1.26. The van der Waals surface area contributed by atoms with Gasteiger partial charge in [-0.25, -0.2) is 0 Å². The van der Waals surface area contributed by atoms with Crippen LogP contribution in [0.4, 0.5) is 0 Å². The lowest BCUT2D eigenvalue weighted by Crippen LogP contribution is -2.18. The molecule has 1 aliphatic carbocycles. The highest BCUT2D eigenvalue weighted by atomic mass is 16.7. The van der Waals surface area contributed by atoms with Crippen molar-refractivity contribution in [2.45, 2.75) is 45.3 Å². The fourth-order valence-electron chi connectivity index (χ4n) is 3.13. The average Bonchev–Trinajstić information content (AvgIpc) is 2.88. The highest BCUT2D eigenvalue weighted by Crippen LogP contribution is 2.36. The highest BCUT2D eigenvalue weighted by Gasteiger charge is 2.29. The molecule has 102 valence electrons. The van der Waals surface area contributed by atoms with Gasteiger partial charge in [0.1, 0.15) is 12.0 Å². The minimum Gasteiger partial charge on any atom is -0.459 e. The van der Waals surface area contributed by atoms with Crippen molar-refractivity contribution in [2.24, 2.45) is 11.8 Å². The maximum atomic E-state index is 5.99. The van der Waals surface area contributed by atoms with E-state index in [2.05, 4.69) is 31.2 Å². The predicted octanol–water partition coefficient (Wildman–Crippen LogP) is 4.27. The Hall–Kier alpha value is -1.44. The lowest BCUT2D eigenvalue weighted by molar-refractivity contribution is -0.0384. The number of allylic oxidation sites excluding steroid dienone is 1. The molecule has 19 heavy (non-hydrogen) atoms. The van der Waals surface area contributed by atoms with Crippen molar-refractivity contribution in [2.75, 3.05) is 0 Å². The van der Waals surface area contributed by atoms with Crippen LogP contribution in [0.15, 0.2) is 42.4 Å². The average molecular weight is 258 g/mol. The summed E-state index contributed by atoms with van der Waals surface area (Å²) in [6.07, 6.45) is 7.72. The van der Waals surface area contributed by atoms with E-state index in [1.807, 2.05) is 12.3 Å². The van der Waals surface area contributed by atoms with Crippen molar-refractivity contribution in [1.29, 1.82) is 0 Å². The Labute approximate surface area is 115 Å². The van der Waals surface area contributed by atoms with Crippen molar-refractivity contribution in [3.8, 4) is 0 Å². The molecule has 0 bridgehead atoms. The second-order valence-corrected chi connectivity index (χ2v) is 5.86.